The Kier molecular flexibility index (Phi) is 9.05. The Labute approximate surface area is 164 Å². The van der Waals surface area contributed by atoms with E-state index in [-0.39, 0.29) is 24.0 Å². The molecule has 24 heavy (non-hydrogen) atoms. The van der Waals surface area contributed by atoms with Crippen LogP contribution in [0, 0.1) is 13.8 Å². The van der Waals surface area contributed by atoms with Crippen molar-refractivity contribution in [3.63, 3.8) is 0 Å². The number of phenolic OH excluding ortho intramolecular Hbond substituents is 1. The molecule has 0 aliphatic carbocycles. The fourth-order valence-electron chi connectivity index (χ4n) is 2.28. The van der Waals surface area contributed by atoms with Crippen LogP contribution < -0.4 is 10.6 Å². The standard InChI is InChI=1S/C17H24N4OS.HI/c1-12-16(23-13(2)21-12)11-20-17(18-3)19-10-4-5-14-6-8-15(22)9-7-14;/h6-9,22H,4-5,10-11H2,1-3H3,(H2,18,19,20);1H. The predicted molar refractivity (Wildman–Crippen MR) is 112 cm³/mol. The highest BCUT2D eigenvalue weighted by Crippen LogP contribution is 2.16. The fraction of sp³-hybridized carbons (Fsp3) is 0.412. The molecule has 3 N–H and O–H groups in total. The number of benzene rings is 1. The summed E-state index contributed by atoms with van der Waals surface area (Å²) >= 11 is 1.72. The summed E-state index contributed by atoms with van der Waals surface area (Å²) in [5.74, 6) is 1.12. The van der Waals surface area contributed by atoms with Crippen LogP contribution in [0.15, 0.2) is 29.3 Å². The number of nitrogens with zero attached hydrogens (tertiary/aromatic N) is 2. The summed E-state index contributed by atoms with van der Waals surface area (Å²) in [6.07, 6.45) is 1.97. The van der Waals surface area contributed by atoms with Crippen molar-refractivity contribution >= 4 is 41.3 Å². The molecule has 0 unspecified atom stereocenters. The molecule has 0 spiro atoms. The summed E-state index contributed by atoms with van der Waals surface area (Å²) < 4.78 is 0. The number of aryl methyl sites for hydroxylation is 3. The maximum atomic E-state index is 9.27. The Morgan fingerprint density at radius 2 is 1.92 bits per heavy atom. The number of aromatic hydroxyl groups is 1. The van der Waals surface area contributed by atoms with E-state index in [2.05, 4.69) is 20.6 Å². The molecule has 1 aromatic carbocycles. The van der Waals surface area contributed by atoms with Gasteiger partial charge in [0.2, 0.25) is 0 Å². The van der Waals surface area contributed by atoms with Crippen molar-refractivity contribution in [3.05, 3.63) is 45.4 Å². The van der Waals surface area contributed by atoms with Gasteiger partial charge in [-0.25, -0.2) is 4.98 Å². The van der Waals surface area contributed by atoms with E-state index in [9.17, 15) is 5.11 Å². The molecule has 5 nitrogen and oxygen atoms in total. The van der Waals surface area contributed by atoms with Gasteiger partial charge in [0.05, 0.1) is 17.2 Å². The van der Waals surface area contributed by atoms with E-state index in [1.165, 1.54) is 10.4 Å². The molecule has 2 rings (SSSR count). The predicted octanol–water partition coefficient (Wildman–Crippen LogP) is 3.38. The number of guanidine groups is 1. The van der Waals surface area contributed by atoms with E-state index < -0.39 is 0 Å². The van der Waals surface area contributed by atoms with Gasteiger partial charge in [-0.2, -0.15) is 0 Å². The lowest BCUT2D eigenvalue weighted by molar-refractivity contribution is 0.475. The number of hydrogen-bond acceptors (Lipinski definition) is 4. The van der Waals surface area contributed by atoms with E-state index in [1.807, 2.05) is 26.0 Å². The van der Waals surface area contributed by atoms with Crippen molar-refractivity contribution in [1.82, 2.24) is 15.6 Å². The van der Waals surface area contributed by atoms with Gasteiger partial charge in [0.25, 0.3) is 0 Å². The van der Waals surface area contributed by atoms with Crippen LogP contribution in [0.4, 0.5) is 0 Å². The smallest absolute Gasteiger partial charge is 0.191 e. The summed E-state index contributed by atoms with van der Waals surface area (Å²) in [6.45, 7) is 5.65. The van der Waals surface area contributed by atoms with Crippen molar-refractivity contribution in [1.29, 1.82) is 0 Å². The molecule has 0 aliphatic rings. The Hall–Kier alpha value is -1.35. The van der Waals surface area contributed by atoms with Gasteiger partial charge >= 0.3 is 0 Å². The zero-order chi connectivity index (χ0) is 16.7. The lowest BCUT2D eigenvalue weighted by atomic mass is 10.1. The summed E-state index contributed by atoms with van der Waals surface area (Å²) in [4.78, 5) is 9.92. The number of aliphatic imine (C=N–C) groups is 1. The van der Waals surface area contributed by atoms with E-state index in [0.717, 1.165) is 42.6 Å². The van der Waals surface area contributed by atoms with Crippen molar-refractivity contribution in [2.24, 2.45) is 4.99 Å². The van der Waals surface area contributed by atoms with Gasteiger partial charge in [-0.3, -0.25) is 4.99 Å². The van der Waals surface area contributed by atoms with Gasteiger partial charge in [0.15, 0.2) is 5.96 Å². The molecule has 0 aliphatic heterocycles. The van der Waals surface area contributed by atoms with Crippen LogP contribution in [0.1, 0.15) is 27.6 Å². The van der Waals surface area contributed by atoms with Gasteiger partial charge in [0, 0.05) is 18.5 Å². The molecule has 7 heteroatoms. The van der Waals surface area contributed by atoms with Gasteiger partial charge in [-0.15, -0.1) is 35.3 Å². The van der Waals surface area contributed by atoms with Gasteiger partial charge in [0.1, 0.15) is 5.75 Å². The number of phenols is 1. The van der Waals surface area contributed by atoms with Gasteiger partial charge in [-0.1, -0.05) is 12.1 Å². The maximum absolute atomic E-state index is 9.27. The van der Waals surface area contributed by atoms with Crippen LogP contribution in [0.25, 0.3) is 0 Å². The fourth-order valence-corrected chi connectivity index (χ4v) is 3.16. The van der Waals surface area contributed by atoms with Gasteiger partial charge in [-0.05, 0) is 44.4 Å². The Bertz CT molecular complexity index is 655. The maximum Gasteiger partial charge on any atom is 0.191 e. The Morgan fingerprint density at radius 3 is 2.50 bits per heavy atom. The first-order valence-electron chi connectivity index (χ1n) is 7.74. The van der Waals surface area contributed by atoms with Crippen LogP contribution in [0.5, 0.6) is 5.75 Å². The SMILES string of the molecule is CN=C(NCCCc1ccc(O)cc1)NCc1sc(C)nc1C.I. The van der Waals surface area contributed by atoms with Crippen LogP contribution in [0.3, 0.4) is 0 Å². The third kappa shape index (κ3) is 6.64. The third-order valence-electron chi connectivity index (χ3n) is 3.51. The second-order valence-electron chi connectivity index (χ2n) is 5.36. The van der Waals surface area contributed by atoms with Crippen molar-refractivity contribution in [2.45, 2.75) is 33.2 Å². The van der Waals surface area contributed by atoms with E-state index in [0.29, 0.717) is 5.75 Å². The number of nitrogens with one attached hydrogen (secondary N) is 2. The third-order valence-corrected chi connectivity index (χ3v) is 4.58. The normalized spacial score (nSPS) is 11.0. The topological polar surface area (TPSA) is 69.5 Å². The Morgan fingerprint density at radius 1 is 1.21 bits per heavy atom. The second-order valence-corrected chi connectivity index (χ2v) is 6.65. The molecule has 0 bridgehead atoms. The zero-order valence-electron chi connectivity index (χ0n) is 14.3. The molecule has 0 saturated heterocycles. The molecule has 1 heterocycles. The average Bonchev–Trinajstić information content (AvgIpc) is 2.86. The monoisotopic (exact) mass is 460 g/mol. The van der Waals surface area contributed by atoms with E-state index >= 15 is 0 Å². The summed E-state index contributed by atoms with van der Waals surface area (Å²) in [5, 5.41) is 17.0. The van der Waals surface area contributed by atoms with Crippen LogP contribution >= 0.6 is 35.3 Å². The number of rotatable bonds is 6. The second kappa shape index (κ2) is 10.5. The quantitative estimate of drug-likeness (QED) is 0.268. The van der Waals surface area contributed by atoms with Crippen molar-refractivity contribution in [3.8, 4) is 5.75 Å². The first-order chi connectivity index (χ1) is 11.1. The largest absolute Gasteiger partial charge is 0.508 e. The average molecular weight is 460 g/mol. The summed E-state index contributed by atoms with van der Waals surface area (Å²) in [7, 11) is 1.78. The molecule has 0 fully saturated rings. The van der Waals surface area contributed by atoms with E-state index in [4.69, 9.17) is 0 Å². The van der Waals surface area contributed by atoms with Crippen LogP contribution in [-0.2, 0) is 13.0 Å². The number of aromatic nitrogens is 1. The van der Waals surface area contributed by atoms with Crippen molar-refractivity contribution < 1.29 is 5.11 Å². The molecule has 1 aromatic heterocycles. The molecule has 0 radical (unpaired) electrons. The summed E-state index contributed by atoms with van der Waals surface area (Å²) in [6, 6.07) is 7.36. The van der Waals surface area contributed by atoms with E-state index in [1.54, 1.807) is 30.5 Å². The van der Waals surface area contributed by atoms with Crippen LogP contribution in [0.2, 0.25) is 0 Å². The highest BCUT2D eigenvalue weighted by Gasteiger charge is 2.05. The lowest BCUT2D eigenvalue weighted by Gasteiger charge is -2.11. The van der Waals surface area contributed by atoms with Crippen LogP contribution in [-0.4, -0.2) is 29.6 Å². The lowest BCUT2D eigenvalue weighted by Crippen LogP contribution is -2.37. The first kappa shape index (κ1) is 20.7. The molecule has 0 saturated carbocycles. The molecule has 0 amide bonds. The van der Waals surface area contributed by atoms with Gasteiger partial charge < -0.3 is 15.7 Å². The molecule has 2 aromatic rings. The number of hydrogen-bond donors (Lipinski definition) is 3. The minimum Gasteiger partial charge on any atom is -0.508 e. The zero-order valence-corrected chi connectivity index (χ0v) is 17.4. The highest BCUT2D eigenvalue weighted by molar-refractivity contribution is 14.0. The summed E-state index contributed by atoms with van der Waals surface area (Å²) in [5.41, 5.74) is 2.31. The molecular weight excluding hydrogens is 435 g/mol. The van der Waals surface area contributed by atoms with Crippen molar-refractivity contribution in [2.75, 3.05) is 13.6 Å². The number of halogens is 1. The molecule has 132 valence electrons. The number of thiazole rings is 1. The Balaban J connectivity index is 0.00000288. The molecular formula is C17H25IN4OS. The minimum absolute atomic E-state index is 0. The first-order valence-corrected chi connectivity index (χ1v) is 8.55. The minimum atomic E-state index is 0. The highest BCUT2D eigenvalue weighted by atomic mass is 127. The molecule has 0 atom stereocenters.